The number of hydrogen-bond donors (Lipinski definition) is 2. The number of rotatable bonds is 4. The van der Waals surface area contributed by atoms with Gasteiger partial charge in [0.15, 0.2) is 0 Å². The maximum atomic E-state index is 11.9. The first kappa shape index (κ1) is 14.0. The van der Waals surface area contributed by atoms with Crippen LogP contribution >= 0.6 is 15.9 Å². The first-order valence-electron chi connectivity index (χ1n) is 5.76. The Balaban J connectivity index is 2.66. The number of amides is 1. The van der Waals surface area contributed by atoms with Crippen LogP contribution in [-0.4, -0.2) is 11.9 Å². The second-order valence-corrected chi connectivity index (χ2v) is 5.59. The Kier molecular flexibility index (Phi) is 5.00. The van der Waals surface area contributed by atoms with E-state index < -0.39 is 0 Å². The second kappa shape index (κ2) is 6.05. The molecule has 0 saturated heterocycles. The lowest BCUT2D eigenvalue weighted by atomic mass is 10.0. The molecule has 3 nitrogen and oxygen atoms in total. The van der Waals surface area contributed by atoms with E-state index in [0.717, 1.165) is 10.9 Å². The minimum atomic E-state index is -0.0719. The predicted octanol–water partition coefficient (Wildman–Crippen LogP) is 3.20. The lowest BCUT2D eigenvalue weighted by Gasteiger charge is -2.16. The highest BCUT2D eigenvalue weighted by Gasteiger charge is 2.11. The van der Waals surface area contributed by atoms with Gasteiger partial charge in [0.2, 0.25) is 0 Å². The van der Waals surface area contributed by atoms with Crippen molar-refractivity contribution in [3.8, 4) is 0 Å². The average molecular weight is 299 g/mol. The number of nitrogens with two attached hydrogens (primary N) is 1. The lowest BCUT2D eigenvalue weighted by Crippen LogP contribution is -2.33. The van der Waals surface area contributed by atoms with Gasteiger partial charge in [0.25, 0.3) is 5.91 Å². The standard InChI is InChI=1S/C13H19BrN2O/c1-8(2)6-9(3)16-13(17)10-4-5-11(14)12(15)7-10/h4-5,7-9H,6,15H2,1-3H3,(H,16,17). The van der Waals surface area contributed by atoms with E-state index in [1.165, 1.54) is 0 Å². The number of nitrogens with one attached hydrogen (secondary N) is 1. The maximum absolute atomic E-state index is 11.9. The number of halogens is 1. The maximum Gasteiger partial charge on any atom is 0.251 e. The Bertz CT molecular complexity index is 404. The van der Waals surface area contributed by atoms with Crippen LogP contribution in [0.3, 0.4) is 0 Å². The van der Waals surface area contributed by atoms with Gasteiger partial charge in [-0.25, -0.2) is 0 Å². The van der Waals surface area contributed by atoms with Crippen molar-refractivity contribution in [2.24, 2.45) is 5.92 Å². The van der Waals surface area contributed by atoms with E-state index in [9.17, 15) is 4.79 Å². The first-order valence-corrected chi connectivity index (χ1v) is 6.55. The molecule has 94 valence electrons. The third-order valence-corrected chi connectivity index (χ3v) is 3.18. The van der Waals surface area contributed by atoms with Gasteiger partial charge in [0.05, 0.1) is 0 Å². The monoisotopic (exact) mass is 298 g/mol. The zero-order valence-corrected chi connectivity index (χ0v) is 12.0. The highest BCUT2D eigenvalue weighted by atomic mass is 79.9. The van der Waals surface area contributed by atoms with Gasteiger partial charge in [-0.1, -0.05) is 13.8 Å². The van der Waals surface area contributed by atoms with Crippen molar-refractivity contribution in [1.82, 2.24) is 5.32 Å². The minimum absolute atomic E-state index is 0.0719. The van der Waals surface area contributed by atoms with Gasteiger partial charge >= 0.3 is 0 Å². The summed E-state index contributed by atoms with van der Waals surface area (Å²) in [5.41, 5.74) is 6.92. The van der Waals surface area contributed by atoms with Gasteiger partial charge in [-0.2, -0.15) is 0 Å². The van der Waals surface area contributed by atoms with Crippen LogP contribution in [-0.2, 0) is 0 Å². The van der Waals surface area contributed by atoms with Gasteiger partial charge < -0.3 is 11.1 Å². The zero-order chi connectivity index (χ0) is 13.0. The molecule has 0 heterocycles. The summed E-state index contributed by atoms with van der Waals surface area (Å²) in [6, 6.07) is 5.41. The Hall–Kier alpha value is -1.03. The summed E-state index contributed by atoms with van der Waals surface area (Å²) < 4.78 is 0.810. The van der Waals surface area contributed by atoms with E-state index in [1.807, 2.05) is 6.92 Å². The molecule has 0 aliphatic heterocycles. The highest BCUT2D eigenvalue weighted by molar-refractivity contribution is 9.10. The molecule has 1 rings (SSSR count). The van der Waals surface area contributed by atoms with Crippen LogP contribution < -0.4 is 11.1 Å². The highest BCUT2D eigenvalue weighted by Crippen LogP contribution is 2.20. The van der Waals surface area contributed by atoms with Crippen molar-refractivity contribution in [2.45, 2.75) is 33.2 Å². The summed E-state index contributed by atoms with van der Waals surface area (Å²) in [6.07, 6.45) is 0.970. The molecule has 0 bridgehead atoms. The Morgan fingerprint density at radius 1 is 1.41 bits per heavy atom. The molecule has 0 spiro atoms. The summed E-state index contributed by atoms with van der Waals surface area (Å²) in [6.45, 7) is 6.29. The molecule has 17 heavy (non-hydrogen) atoms. The summed E-state index contributed by atoms with van der Waals surface area (Å²) >= 11 is 3.31. The third-order valence-electron chi connectivity index (χ3n) is 2.46. The quantitative estimate of drug-likeness (QED) is 0.839. The average Bonchev–Trinajstić information content (AvgIpc) is 2.20. The number of hydrogen-bond acceptors (Lipinski definition) is 2. The zero-order valence-electron chi connectivity index (χ0n) is 10.5. The fourth-order valence-corrected chi connectivity index (χ4v) is 2.00. The van der Waals surface area contributed by atoms with Gasteiger partial charge in [-0.05, 0) is 53.4 Å². The number of carbonyl (C=O) groups is 1. The van der Waals surface area contributed by atoms with Gasteiger partial charge in [0.1, 0.15) is 0 Å². The molecule has 1 aromatic rings. The molecule has 1 aromatic carbocycles. The van der Waals surface area contributed by atoms with E-state index in [1.54, 1.807) is 18.2 Å². The van der Waals surface area contributed by atoms with Crippen molar-refractivity contribution in [3.63, 3.8) is 0 Å². The van der Waals surface area contributed by atoms with Crippen LogP contribution in [0.1, 0.15) is 37.6 Å². The predicted molar refractivity (Wildman–Crippen MR) is 74.9 cm³/mol. The molecule has 1 unspecified atom stereocenters. The van der Waals surface area contributed by atoms with E-state index >= 15 is 0 Å². The Morgan fingerprint density at radius 2 is 2.06 bits per heavy atom. The lowest BCUT2D eigenvalue weighted by molar-refractivity contribution is 0.0936. The fraction of sp³-hybridized carbons (Fsp3) is 0.462. The van der Waals surface area contributed by atoms with Crippen LogP contribution in [0.2, 0.25) is 0 Å². The molecule has 0 radical (unpaired) electrons. The summed E-state index contributed by atoms with van der Waals surface area (Å²) in [5, 5.41) is 2.96. The molecule has 0 fully saturated rings. The van der Waals surface area contributed by atoms with Crippen LogP contribution in [0.4, 0.5) is 5.69 Å². The van der Waals surface area contributed by atoms with Crippen LogP contribution in [0.25, 0.3) is 0 Å². The Morgan fingerprint density at radius 3 is 2.59 bits per heavy atom. The molecule has 0 aliphatic carbocycles. The van der Waals surface area contributed by atoms with E-state index in [2.05, 4.69) is 35.1 Å². The number of anilines is 1. The SMILES string of the molecule is CC(C)CC(C)NC(=O)c1ccc(Br)c(N)c1. The first-order chi connectivity index (χ1) is 7.90. The smallest absolute Gasteiger partial charge is 0.251 e. The third kappa shape index (κ3) is 4.38. The van der Waals surface area contributed by atoms with Gasteiger partial charge in [0, 0.05) is 21.8 Å². The topological polar surface area (TPSA) is 55.1 Å². The minimum Gasteiger partial charge on any atom is -0.398 e. The molecule has 1 amide bonds. The fourth-order valence-electron chi connectivity index (χ4n) is 1.76. The normalized spacial score (nSPS) is 12.5. The largest absolute Gasteiger partial charge is 0.398 e. The van der Waals surface area contributed by atoms with Crippen molar-refractivity contribution >= 4 is 27.5 Å². The van der Waals surface area contributed by atoms with Crippen molar-refractivity contribution in [2.75, 3.05) is 5.73 Å². The molecular formula is C13H19BrN2O. The second-order valence-electron chi connectivity index (χ2n) is 4.74. The van der Waals surface area contributed by atoms with Crippen LogP contribution in [0.5, 0.6) is 0 Å². The molecule has 0 aliphatic rings. The number of benzene rings is 1. The summed E-state index contributed by atoms with van der Waals surface area (Å²) in [4.78, 5) is 11.9. The van der Waals surface area contributed by atoms with Crippen LogP contribution in [0, 0.1) is 5.92 Å². The Labute approximate surface area is 111 Å². The number of nitrogen functional groups attached to an aromatic ring is 1. The van der Waals surface area contributed by atoms with Crippen molar-refractivity contribution in [3.05, 3.63) is 28.2 Å². The number of carbonyl (C=O) groups excluding carboxylic acids is 1. The van der Waals surface area contributed by atoms with Gasteiger partial charge in [-0.15, -0.1) is 0 Å². The molecule has 0 aromatic heterocycles. The van der Waals surface area contributed by atoms with E-state index in [0.29, 0.717) is 17.2 Å². The molecule has 0 saturated carbocycles. The van der Waals surface area contributed by atoms with Crippen molar-refractivity contribution in [1.29, 1.82) is 0 Å². The van der Waals surface area contributed by atoms with Crippen LogP contribution in [0.15, 0.2) is 22.7 Å². The molecular weight excluding hydrogens is 280 g/mol. The van der Waals surface area contributed by atoms with Crippen molar-refractivity contribution < 1.29 is 4.79 Å². The van der Waals surface area contributed by atoms with Gasteiger partial charge in [-0.3, -0.25) is 4.79 Å². The molecule has 4 heteroatoms. The summed E-state index contributed by atoms with van der Waals surface area (Å²) in [7, 11) is 0. The van der Waals surface area contributed by atoms with E-state index in [-0.39, 0.29) is 11.9 Å². The molecule has 1 atom stereocenters. The molecule has 3 N–H and O–H groups in total. The summed E-state index contributed by atoms with van der Waals surface area (Å²) in [5.74, 6) is 0.498. The van der Waals surface area contributed by atoms with E-state index in [4.69, 9.17) is 5.73 Å².